The summed E-state index contributed by atoms with van der Waals surface area (Å²) in [4.78, 5) is 0.229. The number of ether oxygens (including phenoxy) is 1. The van der Waals surface area contributed by atoms with Gasteiger partial charge in [-0.3, -0.25) is 0 Å². The lowest BCUT2D eigenvalue weighted by atomic mass is 10.00. The smallest absolute Gasteiger partial charge is 0.248 e. The monoisotopic (exact) mass is 405 g/mol. The topological polar surface area (TPSA) is 85.5 Å². The minimum absolute atomic E-state index is 0.112. The predicted molar refractivity (Wildman–Crippen MR) is 101 cm³/mol. The fraction of sp³-hybridized carbons (Fsp3) is 0.333. The van der Waals surface area contributed by atoms with Gasteiger partial charge in [-0.15, -0.1) is 10.2 Å². The van der Waals surface area contributed by atoms with E-state index in [0.29, 0.717) is 30.6 Å². The van der Waals surface area contributed by atoms with Crippen LogP contribution in [0.25, 0.3) is 11.5 Å². The zero-order valence-corrected chi connectivity index (χ0v) is 16.4. The maximum Gasteiger partial charge on any atom is 0.248 e. The van der Waals surface area contributed by atoms with Crippen LogP contribution in [0, 0.1) is 0 Å². The molecule has 1 saturated heterocycles. The van der Waals surface area contributed by atoms with Gasteiger partial charge in [-0.05, 0) is 36.4 Å². The van der Waals surface area contributed by atoms with Gasteiger partial charge >= 0.3 is 0 Å². The minimum atomic E-state index is -3.61. The van der Waals surface area contributed by atoms with Crippen LogP contribution in [0.2, 0.25) is 0 Å². The Morgan fingerprint density at radius 3 is 2.96 bits per heavy atom. The van der Waals surface area contributed by atoms with Crippen LogP contribution in [0.5, 0.6) is 5.75 Å². The van der Waals surface area contributed by atoms with Crippen LogP contribution in [0.4, 0.5) is 0 Å². The zero-order chi connectivity index (χ0) is 18.9. The third-order valence-electron chi connectivity index (χ3n) is 4.62. The molecule has 4 rings (SSSR count). The number of aromatic nitrogens is 2. The number of piperidine rings is 1. The van der Waals surface area contributed by atoms with Crippen molar-refractivity contribution in [2.75, 3.05) is 20.2 Å². The van der Waals surface area contributed by atoms with Gasteiger partial charge in [-0.1, -0.05) is 6.07 Å². The van der Waals surface area contributed by atoms with Crippen LogP contribution in [0.15, 0.2) is 50.4 Å². The van der Waals surface area contributed by atoms with E-state index in [1.165, 1.54) is 11.4 Å². The molecule has 9 heteroatoms. The molecule has 0 amide bonds. The summed E-state index contributed by atoms with van der Waals surface area (Å²) in [6.07, 6.45) is 1.55. The summed E-state index contributed by atoms with van der Waals surface area (Å²) >= 11 is 1.56. The maximum absolute atomic E-state index is 13.0. The van der Waals surface area contributed by atoms with Crippen molar-refractivity contribution >= 4 is 21.4 Å². The lowest BCUT2D eigenvalue weighted by Gasteiger charge is -2.30. The second-order valence-corrected chi connectivity index (χ2v) is 9.06. The molecule has 7 nitrogen and oxygen atoms in total. The van der Waals surface area contributed by atoms with Crippen molar-refractivity contribution in [2.45, 2.75) is 23.7 Å². The van der Waals surface area contributed by atoms with Gasteiger partial charge in [-0.25, -0.2) is 8.42 Å². The van der Waals surface area contributed by atoms with Crippen LogP contribution < -0.4 is 4.74 Å². The van der Waals surface area contributed by atoms with E-state index >= 15 is 0 Å². The molecule has 0 saturated carbocycles. The Kier molecular flexibility index (Phi) is 4.98. The number of hydrogen-bond donors (Lipinski definition) is 0. The molecular formula is C18H19N3O4S2. The molecule has 3 aromatic rings. The highest BCUT2D eigenvalue weighted by molar-refractivity contribution is 7.89. The summed E-state index contributed by atoms with van der Waals surface area (Å²) in [5.74, 6) is 1.36. The molecule has 0 bridgehead atoms. The van der Waals surface area contributed by atoms with E-state index in [9.17, 15) is 8.42 Å². The number of sulfonamides is 1. The molecule has 2 aromatic heterocycles. The number of benzene rings is 1. The largest absolute Gasteiger partial charge is 0.497 e. The van der Waals surface area contributed by atoms with Crippen LogP contribution in [0.1, 0.15) is 24.7 Å². The molecule has 1 aliphatic heterocycles. The first-order valence-electron chi connectivity index (χ1n) is 8.58. The highest BCUT2D eigenvalue weighted by atomic mass is 32.2. The van der Waals surface area contributed by atoms with E-state index in [1.807, 2.05) is 16.8 Å². The fourth-order valence-electron chi connectivity index (χ4n) is 3.18. The van der Waals surface area contributed by atoms with Crippen LogP contribution in [-0.2, 0) is 10.0 Å². The van der Waals surface area contributed by atoms with Gasteiger partial charge in [0.25, 0.3) is 0 Å². The number of methoxy groups -OCH3 is 1. The Balaban J connectivity index is 1.55. The van der Waals surface area contributed by atoms with E-state index < -0.39 is 10.0 Å². The molecule has 27 heavy (non-hydrogen) atoms. The summed E-state index contributed by atoms with van der Waals surface area (Å²) < 4.78 is 38.5. The minimum Gasteiger partial charge on any atom is -0.497 e. The summed E-state index contributed by atoms with van der Waals surface area (Å²) in [6.45, 7) is 0.798. The third kappa shape index (κ3) is 3.62. The standard InChI is InChI=1S/C18H19N3O4S2/c1-24-15-5-2-6-16(10-15)27(22,23)21-8-3-4-13(11-21)17-19-20-18(25-17)14-7-9-26-12-14/h2,5-7,9-10,12-13H,3-4,8,11H2,1H3. The molecule has 0 spiro atoms. The molecular weight excluding hydrogens is 386 g/mol. The first-order valence-corrected chi connectivity index (χ1v) is 11.0. The summed E-state index contributed by atoms with van der Waals surface area (Å²) in [5, 5.41) is 12.2. The lowest BCUT2D eigenvalue weighted by Crippen LogP contribution is -2.39. The second kappa shape index (κ2) is 7.41. The molecule has 1 fully saturated rings. The van der Waals surface area contributed by atoms with E-state index in [1.54, 1.807) is 35.6 Å². The Morgan fingerprint density at radius 1 is 1.30 bits per heavy atom. The number of hydrogen-bond acceptors (Lipinski definition) is 7. The Labute approximate surface area is 161 Å². The normalized spacial score (nSPS) is 18.5. The van der Waals surface area contributed by atoms with Crippen molar-refractivity contribution in [3.8, 4) is 17.2 Å². The third-order valence-corrected chi connectivity index (χ3v) is 7.17. The van der Waals surface area contributed by atoms with Gasteiger partial charge < -0.3 is 9.15 Å². The summed E-state index contributed by atoms with van der Waals surface area (Å²) in [7, 11) is -2.09. The van der Waals surface area contributed by atoms with Gasteiger partial charge in [-0.2, -0.15) is 15.6 Å². The van der Waals surface area contributed by atoms with Crippen LogP contribution >= 0.6 is 11.3 Å². The fourth-order valence-corrected chi connectivity index (χ4v) is 5.36. The molecule has 0 N–H and O–H groups in total. The highest BCUT2D eigenvalue weighted by Gasteiger charge is 2.33. The van der Waals surface area contributed by atoms with Gasteiger partial charge in [0, 0.05) is 30.1 Å². The second-order valence-electron chi connectivity index (χ2n) is 6.34. The van der Waals surface area contributed by atoms with Gasteiger partial charge in [0.05, 0.1) is 17.9 Å². The van der Waals surface area contributed by atoms with E-state index in [-0.39, 0.29) is 10.8 Å². The molecule has 1 unspecified atom stereocenters. The Hall–Kier alpha value is -2.23. The average Bonchev–Trinajstić information content (AvgIpc) is 3.40. The van der Waals surface area contributed by atoms with Gasteiger partial charge in [0.2, 0.25) is 21.8 Å². The van der Waals surface area contributed by atoms with Crippen molar-refractivity contribution in [1.82, 2.24) is 14.5 Å². The quantitative estimate of drug-likeness (QED) is 0.647. The molecule has 3 heterocycles. The van der Waals surface area contributed by atoms with E-state index in [0.717, 1.165) is 18.4 Å². The van der Waals surface area contributed by atoms with Crippen LogP contribution in [-0.4, -0.2) is 43.1 Å². The summed E-state index contributed by atoms with van der Waals surface area (Å²) in [5.41, 5.74) is 0.885. The molecule has 142 valence electrons. The molecule has 0 radical (unpaired) electrons. The van der Waals surface area contributed by atoms with Crippen molar-refractivity contribution in [2.24, 2.45) is 0 Å². The first-order chi connectivity index (χ1) is 13.1. The lowest BCUT2D eigenvalue weighted by molar-refractivity contribution is 0.286. The SMILES string of the molecule is COc1cccc(S(=O)(=O)N2CCCC(c3nnc(-c4ccsc4)o3)C2)c1. The van der Waals surface area contributed by atoms with E-state index in [2.05, 4.69) is 10.2 Å². The number of rotatable bonds is 5. The highest BCUT2D eigenvalue weighted by Crippen LogP contribution is 2.32. The van der Waals surface area contributed by atoms with Crippen molar-refractivity contribution in [3.05, 3.63) is 47.0 Å². The molecule has 1 aliphatic rings. The van der Waals surface area contributed by atoms with Crippen molar-refractivity contribution in [1.29, 1.82) is 0 Å². The van der Waals surface area contributed by atoms with E-state index in [4.69, 9.17) is 9.15 Å². The van der Waals surface area contributed by atoms with Crippen LogP contribution in [0.3, 0.4) is 0 Å². The van der Waals surface area contributed by atoms with Crippen molar-refractivity contribution in [3.63, 3.8) is 0 Å². The Morgan fingerprint density at radius 2 is 2.19 bits per heavy atom. The average molecular weight is 406 g/mol. The first kappa shape index (κ1) is 18.1. The molecule has 0 aliphatic carbocycles. The number of nitrogens with zero attached hydrogens (tertiary/aromatic N) is 3. The predicted octanol–water partition coefficient (Wildman–Crippen LogP) is 3.38. The molecule has 1 aromatic carbocycles. The van der Waals surface area contributed by atoms with Gasteiger partial charge in [0.15, 0.2) is 0 Å². The summed E-state index contributed by atoms with van der Waals surface area (Å²) in [6, 6.07) is 8.45. The van der Waals surface area contributed by atoms with Gasteiger partial charge in [0.1, 0.15) is 5.75 Å². The zero-order valence-electron chi connectivity index (χ0n) is 14.7. The molecule has 1 atom stereocenters. The Bertz CT molecular complexity index is 1010. The maximum atomic E-state index is 13.0. The van der Waals surface area contributed by atoms with Crippen molar-refractivity contribution < 1.29 is 17.6 Å². The number of thiophene rings is 1.